The van der Waals surface area contributed by atoms with Crippen molar-refractivity contribution in [3.05, 3.63) is 57.6 Å². The molecule has 0 aliphatic carbocycles. The van der Waals surface area contributed by atoms with Crippen LogP contribution in [0.1, 0.15) is 11.1 Å². The lowest BCUT2D eigenvalue weighted by atomic mass is 10.1. The van der Waals surface area contributed by atoms with Gasteiger partial charge in [-0.05, 0) is 36.8 Å². The van der Waals surface area contributed by atoms with Gasteiger partial charge in [-0.15, -0.1) is 0 Å². The highest BCUT2D eigenvalue weighted by atomic mass is 79.9. The second-order valence-corrected chi connectivity index (χ2v) is 5.62. The molecule has 0 heterocycles. The molecule has 20 heavy (non-hydrogen) atoms. The van der Waals surface area contributed by atoms with Crippen LogP contribution in [0.25, 0.3) is 0 Å². The number of anilines is 2. The van der Waals surface area contributed by atoms with E-state index in [4.69, 9.17) is 18.0 Å². The van der Waals surface area contributed by atoms with Gasteiger partial charge < -0.3 is 11.1 Å². The second-order valence-electron chi connectivity index (χ2n) is 4.26. The Bertz CT molecular complexity index is 689. The van der Waals surface area contributed by atoms with E-state index in [2.05, 4.69) is 21.2 Å². The fraction of sp³-hybridized carbons (Fsp3) is 0.0714. The van der Waals surface area contributed by atoms with E-state index >= 15 is 0 Å². The number of hydrogen-bond acceptors (Lipinski definition) is 2. The molecule has 104 valence electrons. The fourth-order valence-corrected chi connectivity index (χ4v) is 2.26. The molecule has 0 aromatic heterocycles. The third kappa shape index (κ3) is 3.13. The van der Waals surface area contributed by atoms with Gasteiger partial charge in [0.15, 0.2) is 0 Å². The molecule has 0 saturated carbocycles. The highest BCUT2D eigenvalue weighted by Gasteiger charge is 2.11. The quantitative estimate of drug-likeness (QED) is 0.799. The Labute approximate surface area is 129 Å². The van der Waals surface area contributed by atoms with E-state index in [1.807, 2.05) is 0 Å². The summed E-state index contributed by atoms with van der Waals surface area (Å²) >= 11 is 8.25. The van der Waals surface area contributed by atoms with Crippen LogP contribution in [-0.4, -0.2) is 4.99 Å². The number of aryl methyl sites for hydroxylation is 1. The summed E-state index contributed by atoms with van der Waals surface area (Å²) in [5.74, 6) is -1.03. The van der Waals surface area contributed by atoms with E-state index in [1.165, 1.54) is 6.92 Å². The molecule has 0 atom stereocenters. The Kier molecular flexibility index (Phi) is 4.35. The topological polar surface area (TPSA) is 38.0 Å². The number of hydrogen-bond donors (Lipinski definition) is 2. The summed E-state index contributed by atoms with van der Waals surface area (Å²) in [6.45, 7) is 1.50. The molecule has 2 nitrogen and oxygen atoms in total. The Hall–Kier alpha value is -1.53. The van der Waals surface area contributed by atoms with Crippen molar-refractivity contribution in [1.29, 1.82) is 0 Å². The molecular weight excluding hydrogens is 346 g/mol. The lowest BCUT2D eigenvalue weighted by molar-refractivity contribution is 0.595. The van der Waals surface area contributed by atoms with Crippen molar-refractivity contribution in [3.63, 3.8) is 0 Å². The highest BCUT2D eigenvalue weighted by molar-refractivity contribution is 9.10. The maximum absolute atomic E-state index is 13.8. The van der Waals surface area contributed by atoms with Gasteiger partial charge in [0.05, 0.1) is 5.69 Å². The van der Waals surface area contributed by atoms with Gasteiger partial charge in [0.25, 0.3) is 0 Å². The number of nitrogens with two attached hydrogens (primary N) is 1. The van der Waals surface area contributed by atoms with Crippen molar-refractivity contribution >= 4 is 44.5 Å². The van der Waals surface area contributed by atoms with Crippen LogP contribution in [0.5, 0.6) is 0 Å². The molecule has 0 aliphatic rings. The Morgan fingerprint density at radius 2 is 1.85 bits per heavy atom. The lowest BCUT2D eigenvalue weighted by Gasteiger charge is -2.13. The zero-order valence-corrected chi connectivity index (χ0v) is 12.9. The maximum atomic E-state index is 13.8. The van der Waals surface area contributed by atoms with Crippen molar-refractivity contribution in [2.75, 3.05) is 5.32 Å². The van der Waals surface area contributed by atoms with E-state index in [1.54, 1.807) is 18.2 Å². The van der Waals surface area contributed by atoms with Crippen LogP contribution in [0.3, 0.4) is 0 Å². The van der Waals surface area contributed by atoms with Gasteiger partial charge in [-0.1, -0.05) is 28.1 Å². The molecule has 3 N–H and O–H groups in total. The minimum atomic E-state index is -0.544. The summed E-state index contributed by atoms with van der Waals surface area (Å²) in [5, 5.41) is 2.82. The summed E-state index contributed by atoms with van der Waals surface area (Å²) in [7, 11) is 0. The first kappa shape index (κ1) is 14.9. The number of halogens is 3. The lowest BCUT2D eigenvalue weighted by Crippen LogP contribution is -2.12. The Balaban J connectivity index is 2.47. The van der Waals surface area contributed by atoms with E-state index in [9.17, 15) is 8.78 Å². The number of nitrogens with one attached hydrogen (secondary N) is 1. The van der Waals surface area contributed by atoms with E-state index in [-0.39, 0.29) is 16.2 Å². The van der Waals surface area contributed by atoms with Crippen molar-refractivity contribution in [2.24, 2.45) is 5.73 Å². The molecule has 0 aliphatic heterocycles. The molecule has 6 heteroatoms. The van der Waals surface area contributed by atoms with Crippen molar-refractivity contribution < 1.29 is 8.78 Å². The van der Waals surface area contributed by atoms with Crippen LogP contribution in [0.2, 0.25) is 0 Å². The fourth-order valence-electron chi connectivity index (χ4n) is 1.72. The minimum Gasteiger partial charge on any atom is -0.389 e. The molecule has 0 fully saturated rings. The van der Waals surface area contributed by atoms with Gasteiger partial charge in [-0.2, -0.15) is 0 Å². The SMILES string of the molecule is Cc1cc(F)c(Nc2cc(Br)ccc2C(N)=S)cc1F. The van der Waals surface area contributed by atoms with Crippen LogP contribution in [0, 0.1) is 18.6 Å². The molecule has 2 aromatic rings. The smallest absolute Gasteiger partial charge is 0.147 e. The predicted octanol–water partition coefficient (Wildman–Crippen LogP) is 4.41. The molecule has 0 amide bonds. The standard InChI is InChI=1S/C14H11BrF2N2S/c1-7-4-11(17)13(6-10(7)16)19-12-5-8(15)2-3-9(12)14(18)20/h2-6,19H,1H3,(H2,18,20). The molecule has 0 saturated heterocycles. The summed E-state index contributed by atoms with van der Waals surface area (Å²) < 4.78 is 28.1. The highest BCUT2D eigenvalue weighted by Crippen LogP contribution is 2.27. The van der Waals surface area contributed by atoms with Crippen LogP contribution in [-0.2, 0) is 0 Å². The molecule has 0 bridgehead atoms. The van der Waals surface area contributed by atoms with Crippen LogP contribution in [0.15, 0.2) is 34.8 Å². The van der Waals surface area contributed by atoms with Gasteiger partial charge in [0, 0.05) is 21.8 Å². The average Bonchev–Trinajstić information content (AvgIpc) is 2.35. The number of rotatable bonds is 3. The second kappa shape index (κ2) is 5.85. The normalized spacial score (nSPS) is 10.4. The molecule has 2 aromatic carbocycles. The van der Waals surface area contributed by atoms with E-state index < -0.39 is 11.6 Å². The van der Waals surface area contributed by atoms with E-state index in [0.29, 0.717) is 11.3 Å². The van der Waals surface area contributed by atoms with Gasteiger partial charge in [0.2, 0.25) is 0 Å². The molecular formula is C14H11BrF2N2S. The third-order valence-corrected chi connectivity index (χ3v) is 3.48. The molecule has 0 radical (unpaired) electrons. The molecule has 0 unspecified atom stereocenters. The van der Waals surface area contributed by atoms with E-state index in [0.717, 1.165) is 16.6 Å². The van der Waals surface area contributed by atoms with Gasteiger partial charge in [-0.25, -0.2) is 8.78 Å². The van der Waals surface area contributed by atoms with Gasteiger partial charge >= 0.3 is 0 Å². The third-order valence-electron chi connectivity index (χ3n) is 2.76. The average molecular weight is 357 g/mol. The largest absolute Gasteiger partial charge is 0.389 e. The Morgan fingerprint density at radius 3 is 2.50 bits per heavy atom. The summed E-state index contributed by atoms with van der Waals surface area (Å²) in [6.07, 6.45) is 0. The summed E-state index contributed by atoms with van der Waals surface area (Å²) in [4.78, 5) is 0.174. The van der Waals surface area contributed by atoms with Crippen molar-refractivity contribution in [3.8, 4) is 0 Å². The molecule has 2 rings (SSSR count). The van der Waals surface area contributed by atoms with Crippen LogP contribution >= 0.6 is 28.1 Å². The Morgan fingerprint density at radius 1 is 1.15 bits per heavy atom. The first-order valence-corrected chi connectivity index (χ1v) is 6.90. The zero-order chi connectivity index (χ0) is 14.9. The number of thiocarbonyl (C=S) groups is 1. The number of benzene rings is 2. The van der Waals surface area contributed by atoms with Crippen molar-refractivity contribution in [2.45, 2.75) is 6.92 Å². The van der Waals surface area contributed by atoms with Crippen LogP contribution < -0.4 is 11.1 Å². The van der Waals surface area contributed by atoms with Crippen LogP contribution in [0.4, 0.5) is 20.2 Å². The zero-order valence-electron chi connectivity index (χ0n) is 10.5. The minimum absolute atomic E-state index is 0.0312. The monoisotopic (exact) mass is 356 g/mol. The van der Waals surface area contributed by atoms with Gasteiger partial charge in [-0.3, -0.25) is 0 Å². The van der Waals surface area contributed by atoms with Gasteiger partial charge in [0.1, 0.15) is 16.6 Å². The maximum Gasteiger partial charge on any atom is 0.147 e. The summed E-state index contributed by atoms with van der Waals surface area (Å²) in [6, 6.07) is 7.42. The first-order valence-electron chi connectivity index (χ1n) is 5.70. The molecule has 0 spiro atoms. The van der Waals surface area contributed by atoms with Crippen molar-refractivity contribution in [1.82, 2.24) is 0 Å². The first-order chi connectivity index (χ1) is 9.38. The predicted molar refractivity (Wildman–Crippen MR) is 84.4 cm³/mol. The summed E-state index contributed by atoms with van der Waals surface area (Å²) in [5.41, 5.74) is 6.96.